The number of halogens is 1. The smallest absolute Gasteiger partial charge is 0.345 e. The molecule has 0 aliphatic carbocycles. The van der Waals surface area contributed by atoms with Gasteiger partial charge in [-0.3, -0.25) is 9.59 Å². The van der Waals surface area contributed by atoms with E-state index >= 15 is 0 Å². The van der Waals surface area contributed by atoms with E-state index in [9.17, 15) is 14.4 Å². The molecule has 0 unspecified atom stereocenters. The monoisotopic (exact) mass is 471 g/mol. The average molecular weight is 472 g/mol. The molecule has 0 saturated heterocycles. The quantitative estimate of drug-likeness (QED) is 0.144. The lowest BCUT2D eigenvalue weighted by atomic mass is 10.1. The number of ether oxygens (including phenoxy) is 1. The molecule has 0 spiro atoms. The van der Waals surface area contributed by atoms with E-state index in [-0.39, 0.29) is 5.56 Å². The maximum Gasteiger partial charge on any atom is 0.345 e. The van der Waals surface area contributed by atoms with Gasteiger partial charge in [0, 0.05) is 11.1 Å². The summed E-state index contributed by atoms with van der Waals surface area (Å²) in [4.78, 5) is 36.6. The third-order valence-electron chi connectivity index (χ3n) is 4.81. The first-order chi connectivity index (χ1) is 16.5. The summed E-state index contributed by atoms with van der Waals surface area (Å²) in [6.45, 7) is 0. The molecule has 2 amide bonds. The highest BCUT2D eigenvalue weighted by atomic mass is 35.5. The second-order valence-corrected chi connectivity index (χ2v) is 7.53. The van der Waals surface area contributed by atoms with Crippen molar-refractivity contribution in [1.82, 2.24) is 5.43 Å². The van der Waals surface area contributed by atoms with E-state index in [4.69, 9.17) is 16.3 Å². The van der Waals surface area contributed by atoms with E-state index in [1.54, 1.807) is 60.7 Å². The highest BCUT2D eigenvalue weighted by molar-refractivity contribution is 6.40. The number of amides is 2. The van der Waals surface area contributed by atoms with E-state index in [0.717, 1.165) is 10.8 Å². The Morgan fingerprint density at radius 1 is 0.794 bits per heavy atom. The van der Waals surface area contributed by atoms with Crippen LogP contribution in [0.2, 0.25) is 5.02 Å². The molecule has 8 heteroatoms. The van der Waals surface area contributed by atoms with Crippen LogP contribution in [0, 0.1) is 0 Å². The SMILES string of the molecule is O=C(N/N=C\c1ccc(OC(=O)c2ccccc2Cl)cc1)C(=O)Nc1cccc2ccccc12. The summed E-state index contributed by atoms with van der Waals surface area (Å²) in [7, 11) is 0. The summed E-state index contributed by atoms with van der Waals surface area (Å²) in [6, 6.07) is 26.0. The molecular formula is C26H18ClN3O4. The molecule has 0 heterocycles. The standard InChI is InChI=1S/C26H18ClN3O4/c27-22-10-4-3-9-21(22)26(33)34-19-14-12-17(13-15-19)16-28-30-25(32)24(31)29-23-11-5-7-18-6-1-2-8-20(18)23/h1-16H,(H,29,31)(H,30,32)/b28-16-. The molecule has 4 rings (SSSR count). The number of fused-ring (bicyclic) bond motifs is 1. The molecule has 0 atom stereocenters. The van der Waals surface area contributed by atoms with Crippen LogP contribution in [0.3, 0.4) is 0 Å². The number of hydrogen-bond acceptors (Lipinski definition) is 5. The van der Waals surface area contributed by atoms with E-state index < -0.39 is 17.8 Å². The lowest BCUT2D eigenvalue weighted by Gasteiger charge is -2.07. The number of carbonyl (C=O) groups excluding carboxylic acids is 3. The minimum Gasteiger partial charge on any atom is -0.423 e. The Morgan fingerprint density at radius 2 is 1.50 bits per heavy atom. The molecule has 168 valence electrons. The summed E-state index contributed by atoms with van der Waals surface area (Å²) in [5.41, 5.74) is 3.60. The summed E-state index contributed by atoms with van der Waals surface area (Å²) in [5, 5.41) is 8.47. The minimum atomic E-state index is -0.908. The number of nitrogens with zero attached hydrogens (tertiary/aromatic N) is 1. The Kier molecular flexibility index (Phi) is 6.95. The van der Waals surface area contributed by atoms with Crippen molar-refractivity contribution in [1.29, 1.82) is 0 Å². The summed E-state index contributed by atoms with van der Waals surface area (Å²) in [5.74, 6) is -2.00. The number of esters is 1. The number of rotatable bonds is 5. The Balaban J connectivity index is 1.32. The fraction of sp³-hybridized carbons (Fsp3) is 0. The Morgan fingerprint density at radius 3 is 2.29 bits per heavy atom. The predicted molar refractivity (Wildman–Crippen MR) is 131 cm³/mol. The molecule has 4 aromatic rings. The molecule has 0 aromatic heterocycles. The lowest BCUT2D eigenvalue weighted by Crippen LogP contribution is -2.32. The molecule has 0 radical (unpaired) electrons. The fourth-order valence-corrected chi connectivity index (χ4v) is 3.35. The van der Waals surface area contributed by atoms with E-state index in [1.165, 1.54) is 6.21 Å². The molecule has 0 saturated carbocycles. The minimum absolute atomic E-state index is 0.263. The second kappa shape index (κ2) is 10.4. The normalized spacial score (nSPS) is 10.7. The summed E-state index contributed by atoms with van der Waals surface area (Å²) < 4.78 is 5.31. The zero-order chi connectivity index (χ0) is 23.9. The number of benzene rings is 4. The first kappa shape index (κ1) is 22.7. The molecule has 7 nitrogen and oxygen atoms in total. The molecule has 0 bridgehead atoms. The van der Waals surface area contributed by atoms with Gasteiger partial charge in [0.1, 0.15) is 5.75 Å². The van der Waals surface area contributed by atoms with Gasteiger partial charge < -0.3 is 10.1 Å². The third-order valence-corrected chi connectivity index (χ3v) is 5.14. The average Bonchev–Trinajstić information content (AvgIpc) is 2.85. The number of anilines is 1. The van der Waals surface area contributed by atoms with Gasteiger partial charge in [0.05, 0.1) is 16.8 Å². The Labute approximate surface area is 200 Å². The highest BCUT2D eigenvalue weighted by Gasteiger charge is 2.14. The van der Waals surface area contributed by atoms with Crippen molar-refractivity contribution < 1.29 is 19.1 Å². The van der Waals surface area contributed by atoms with Crippen molar-refractivity contribution in [2.45, 2.75) is 0 Å². The van der Waals surface area contributed by atoms with E-state index in [0.29, 0.717) is 22.0 Å². The Bertz CT molecular complexity index is 1400. The van der Waals surface area contributed by atoms with Crippen LogP contribution in [0.15, 0.2) is 96.1 Å². The van der Waals surface area contributed by atoms with Crippen molar-refractivity contribution in [3.63, 3.8) is 0 Å². The highest BCUT2D eigenvalue weighted by Crippen LogP contribution is 2.23. The van der Waals surface area contributed by atoms with Crippen LogP contribution in [0.5, 0.6) is 5.75 Å². The van der Waals surface area contributed by atoms with Gasteiger partial charge in [-0.2, -0.15) is 5.10 Å². The topological polar surface area (TPSA) is 96.9 Å². The molecule has 0 aliphatic rings. The molecule has 2 N–H and O–H groups in total. The molecular weight excluding hydrogens is 454 g/mol. The van der Waals surface area contributed by atoms with Crippen molar-refractivity contribution in [3.8, 4) is 5.75 Å². The molecule has 4 aromatic carbocycles. The first-order valence-corrected chi connectivity index (χ1v) is 10.6. The van der Waals surface area contributed by atoms with Crippen LogP contribution >= 0.6 is 11.6 Å². The van der Waals surface area contributed by atoms with Crippen molar-refractivity contribution in [2.75, 3.05) is 5.32 Å². The number of hydrazone groups is 1. The summed E-state index contributed by atoms with van der Waals surface area (Å²) >= 11 is 6.01. The van der Waals surface area contributed by atoms with Crippen LogP contribution in [0.1, 0.15) is 15.9 Å². The van der Waals surface area contributed by atoms with E-state index in [2.05, 4.69) is 15.8 Å². The van der Waals surface area contributed by atoms with Crippen LogP contribution in [0.4, 0.5) is 5.69 Å². The fourth-order valence-electron chi connectivity index (χ4n) is 3.14. The third kappa shape index (κ3) is 5.46. The zero-order valence-corrected chi connectivity index (χ0v) is 18.5. The zero-order valence-electron chi connectivity index (χ0n) is 17.7. The first-order valence-electron chi connectivity index (χ1n) is 10.2. The number of nitrogens with one attached hydrogen (secondary N) is 2. The lowest BCUT2D eigenvalue weighted by molar-refractivity contribution is -0.136. The predicted octanol–water partition coefficient (Wildman–Crippen LogP) is 4.80. The van der Waals surface area contributed by atoms with Gasteiger partial charge in [0.15, 0.2) is 0 Å². The number of hydrogen-bond donors (Lipinski definition) is 2. The van der Waals surface area contributed by atoms with Crippen LogP contribution in [-0.4, -0.2) is 24.0 Å². The van der Waals surface area contributed by atoms with Gasteiger partial charge in [0.2, 0.25) is 0 Å². The largest absolute Gasteiger partial charge is 0.423 e. The van der Waals surface area contributed by atoms with Gasteiger partial charge in [-0.15, -0.1) is 0 Å². The number of carbonyl (C=O) groups is 3. The van der Waals surface area contributed by atoms with Crippen LogP contribution < -0.4 is 15.5 Å². The maximum absolute atomic E-state index is 12.2. The Hall–Kier alpha value is -4.49. The van der Waals surface area contributed by atoms with Crippen molar-refractivity contribution >= 4 is 52.1 Å². The van der Waals surface area contributed by atoms with Gasteiger partial charge in [-0.25, -0.2) is 10.2 Å². The molecule has 0 fully saturated rings. The molecule has 34 heavy (non-hydrogen) atoms. The van der Waals surface area contributed by atoms with Gasteiger partial charge in [0.25, 0.3) is 0 Å². The summed E-state index contributed by atoms with van der Waals surface area (Å²) in [6.07, 6.45) is 1.36. The van der Waals surface area contributed by atoms with Gasteiger partial charge >= 0.3 is 17.8 Å². The van der Waals surface area contributed by atoms with Crippen molar-refractivity contribution in [2.24, 2.45) is 5.10 Å². The van der Waals surface area contributed by atoms with Crippen LogP contribution in [0.25, 0.3) is 10.8 Å². The van der Waals surface area contributed by atoms with E-state index in [1.807, 2.05) is 30.3 Å². The van der Waals surface area contributed by atoms with Gasteiger partial charge in [-0.05, 0) is 53.4 Å². The maximum atomic E-state index is 12.2. The molecule has 0 aliphatic heterocycles. The van der Waals surface area contributed by atoms with Crippen molar-refractivity contribution in [3.05, 3.63) is 107 Å². The van der Waals surface area contributed by atoms with Gasteiger partial charge in [-0.1, -0.05) is 60.1 Å². The second-order valence-electron chi connectivity index (χ2n) is 7.12. The van der Waals surface area contributed by atoms with Crippen LogP contribution in [-0.2, 0) is 9.59 Å².